The number of anilines is 2. The van der Waals surface area contributed by atoms with Crippen LogP contribution >= 0.6 is 12.2 Å². The lowest BCUT2D eigenvalue weighted by atomic mass is 10.2. The van der Waals surface area contributed by atoms with E-state index < -0.39 is 18.0 Å². The zero-order valence-electron chi connectivity index (χ0n) is 18.0. The van der Waals surface area contributed by atoms with Crippen LogP contribution in [0.1, 0.15) is 0 Å². The van der Waals surface area contributed by atoms with Crippen molar-refractivity contribution in [2.45, 2.75) is 12.6 Å². The number of methoxy groups -OCH3 is 1. The fourth-order valence-electron chi connectivity index (χ4n) is 3.78. The number of benzene rings is 1. The van der Waals surface area contributed by atoms with E-state index in [0.717, 1.165) is 0 Å². The SMILES string of the molecule is COC(=S)NC[C@H]1CN(c2ccc(N3CCN(C(=O)Cn4ccnn4)CC3)c(F)c2)C(=O)O1. The number of hydrogen-bond donors (Lipinski definition) is 1. The molecule has 11 nitrogen and oxygen atoms in total. The molecular weight excluding hydrogens is 453 g/mol. The third kappa shape index (κ3) is 5.30. The Balaban J connectivity index is 1.33. The van der Waals surface area contributed by atoms with Crippen LogP contribution in [0.15, 0.2) is 30.6 Å². The van der Waals surface area contributed by atoms with Crippen molar-refractivity contribution in [2.75, 3.05) is 56.2 Å². The van der Waals surface area contributed by atoms with Gasteiger partial charge in [0.25, 0.3) is 5.17 Å². The number of carbonyl (C=O) groups excluding carboxylic acids is 2. The van der Waals surface area contributed by atoms with Crippen molar-refractivity contribution in [3.05, 3.63) is 36.4 Å². The molecule has 0 aliphatic carbocycles. The third-order valence-corrected chi connectivity index (χ3v) is 5.83. The van der Waals surface area contributed by atoms with Gasteiger partial charge in [0.15, 0.2) is 0 Å². The van der Waals surface area contributed by atoms with Crippen LogP contribution in [0.4, 0.5) is 20.6 Å². The van der Waals surface area contributed by atoms with E-state index in [0.29, 0.717) is 44.1 Å². The zero-order chi connectivity index (χ0) is 23.4. The zero-order valence-corrected chi connectivity index (χ0v) is 18.8. The van der Waals surface area contributed by atoms with Gasteiger partial charge in [-0.05, 0) is 30.4 Å². The molecule has 2 aliphatic rings. The van der Waals surface area contributed by atoms with E-state index >= 15 is 0 Å². The Morgan fingerprint density at radius 3 is 2.79 bits per heavy atom. The summed E-state index contributed by atoms with van der Waals surface area (Å²) in [6.07, 6.45) is 2.18. The molecule has 2 saturated heterocycles. The van der Waals surface area contributed by atoms with E-state index in [-0.39, 0.29) is 24.2 Å². The molecule has 33 heavy (non-hydrogen) atoms. The quantitative estimate of drug-likeness (QED) is 0.599. The van der Waals surface area contributed by atoms with E-state index in [2.05, 4.69) is 15.6 Å². The first kappa shape index (κ1) is 22.7. The van der Waals surface area contributed by atoms with Crippen molar-refractivity contribution in [1.29, 1.82) is 0 Å². The van der Waals surface area contributed by atoms with Crippen molar-refractivity contribution >= 4 is 40.8 Å². The lowest BCUT2D eigenvalue weighted by Gasteiger charge is -2.36. The summed E-state index contributed by atoms with van der Waals surface area (Å²) in [5.74, 6) is -0.497. The summed E-state index contributed by atoms with van der Waals surface area (Å²) >= 11 is 4.91. The van der Waals surface area contributed by atoms with Gasteiger partial charge in [0.1, 0.15) is 18.5 Å². The summed E-state index contributed by atoms with van der Waals surface area (Å²) in [7, 11) is 1.45. The van der Waals surface area contributed by atoms with Crippen molar-refractivity contribution < 1.29 is 23.5 Å². The standard InChI is InChI=1S/C20H24FN7O4S/c1-31-19(33)22-11-15-12-28(20(30)32-15)14-2-3-17(16(21)10-14)25-6-8-26(9-7-25)18(29)13-27-5-4-23-24-27/h2-5,10,15H,6-9,11-13H2,1H3,(H,22,33)/t15-/m0/s1. The van der Waals surface area contributed by atoms with Crippen LogP contribution in [0.3, 0.4) is 0 Å². The van der Waals surface area contributed by atoms with Crippen molar-refractivity contribution in [2.24, 2.45) is 0 Å². The average molecular weight is 478 g/mol. The minimum Gasteiger partial charge on any atom is -0.474 e. The maximum absolute atomic E-state index is 15.0. The molecule has 0 spiro atoms. The second-order valence-corrected chi connectivity index (χ2v) is 7.96. The molecule has 4 rings (SSSR count). The Kier molecular flexibility index (Phi) is 6.87. The number of cyclic esters (lactones) is 1. The van der Waals surface area contributed by atoms with Crippen LogP contribution in [0.5, 0.6) is 0 Å². The lowest BCUT2D eigenvalue weighted by Crippen LogP contribution is -2.49. The number of aromatic nitrogens is 3. The molecule has 0 unspecified atom stereocenters. The number of piperazine rings is 1. The maximum Gasteiger partial charge on any atom is 0.414 e. The van der Waals surface area contributed by atoms with Gasteiger partial charge in [-0.2, -0.15) is 0 Å². The van der Waals surface area contributed by atoms with E-state index in [1.807, 2.05) is 4.90 Å². The normalized spacial score (nSPS) is 18.3. The number of nitrogens with zero attached hydrogens (tertiary/aromatic N) is 6. The highest BCUT2D eigenvalue weighted by molar-refractivity contribution is 7.80. The number of hydrogen-bond acceptors (Lipinski definition) is 8. The first-order chi connectivity index (χ1) is 15.9. The number of nitrogens with one attached hydrogen (secondary N) is 1. The Bertz CT molecular complexity index is 1010. The van der Waals surface area contributed by atoms with Crippen LogP contribution in [0.2, 0.25) is 0 Å². The van der Waals surface area contributed by atoms with Crippen LogP contribution in [-0.2, 0) is 20.8 Å². The number of thiocarbonyl (C=S) groups is 1. The fraction of sp³-hybridized carbons (Fsp3) is 0.450. The second kappa shape index (κ2) is 9.98. The monoisotopic (exact) mass is 477 g/mol. The van der Waals surface area contributed by atoms with Gasteiger partial charge in [0.05, 0.1) is 37.8 Å². The Hall–Kier alpha value is -3.48. The van der Waals surface area contributed by atoms with Gasteiger partial charge in [-0.25, -0.2) is 13.9 Å². The topological polar surface area (TPSA) is 105 Å². The number of halogens is 1. The predicted molar refractivity (Wildman–Crippen MR) is 120 cm³/mol. The summed E-state index contributed by atoms with van der Waals surface area (Å²) in [5, 5.41) is 10.5. The second-order valence-electron chi connectivity index (χ2n) is 7.59. The van der Waals surface area contributed by atoms with Crippen molar-refractivity contribution in [1.82, 2.24) is 25.2 Å². The molecule has 1 atom stereocenters. The van der Waals surface area contributed by atoms with Crippen LogP contribution < -0.4 is 15.1 Å². The Labute approximate surface area is 195 Å². The van der Waals surface area contributed by atoms with Crippen molar-refractivity contribution in [3.63, 3.8) is 0 Å². The minimum absolute atomic E-state index is 0.0566. The molecule has 0 saturated carbocycles. The van der Waals surface area contributed by atoms with E-state index in [1.165, 1.54) is 29.0 Å². The number of ether oxygens (including phenoxy) is 2. The van der Waals surface area contributed by atoms with Gasteiger partial charge >= 0.3 is 6.09 Å². The molecule has 2 fully saturated rings. The van der Waals surface area contributed by atoms with Crippen LogP contribution in [0.25, 0.3) is 0 Å². The number of rotatable bonds is 6. The lowest BCUT2D eigenvalue weighted by molar-refractivity contribution is -0.132. The minimum atomic E-state index is -0.545. The first-order valence-corrected chi connectivity index (χ1v) is 10.8. The summed E-state index contributed by atoms with van der Waals surface area (Å²) in [6.45, 7) is 2.65. The molecule has 0 radical (unpaired) electrons. The van der Waals surface area contributed by atoms with Gasteiger partial charge in [-0.1, -0.05) is 5.21 Å². The fourth-order valence-corrected chi connectivity index (χ4v) is 3.86. The molecule has 2 aromatic rings. The Morgan fingerprint density at radius 1 is 1.33 bits per heavy atom. The highest BCUT2D eigenvalue weighted by atomic mass is 32.1. The molecular formula is C20H24FN7O4S. The Morgan fingerprint density at radius 2 is 2.12 bits per heavy atom. The largest absolute Gasteiger partial charge is 0.474 e. The molecule has 1 aromatic heterocycles. The average Bonchev–Trinajstić information content (AvgIpc) is 3.46. The molecule has 13 heteroatoms. The maximum atomic E-state index is 15.0. The highest BCUT2D eigenvalue weighted by Crippen LogP contribution is 2.28. The van der Waals surface area contributed by atoms with Crippen LogP contribution in [0, 0.1) is 5.82 Å². The van der Waals surface area contributed by atoms with E-state index in [1.54, 1.807) is 23.2 Å². The van der Waals surface area contributed by atoms with Gasteiger partial charge < -0.3 is 24.6 Å². The van der Waals surface area contributed by atoms with Gasteiger partial charge in [-0.3, -0.25) is 9.69 Å². The van der Waals surface area contributed by atoms with Gasteiger partial charge in [0.2, 0.25) is 5.91 Å². The third-order valence-electron chi connectivity index (χ3n) is 5.52. The molecule has 176 valence electrons. The molecule has 1 N–H and O–H groups in total. The molecule has 3 heterocycles. The smallest absolute Gasteiger partial charge is 0.414 e. The summed E-state index contributed by atoms with van der Waals surface area (Å²) in [5.41, 5.74) is 0.845. The molecule has 0 bridgehead atoms. The molecule has 1 aromatic carbocycles. The van der Waals surface area contributed by atoms with Crippen molar-refractivity contribution in [3.8, 4) is 0 Å². The first-order valence-electron chi connectivity index (χ1n) is 10.4. The van der Waals surface area contributed by atoms with Gasteiger partial charge in [-0.15, -0.1) is 5.10 Å². The van der Waals surface area contributed by atoms with E-state index in [9.17, 15) is 14.0 Å². The highest BCUT2D eigenvalue weighted by Gasteiger charge is 2.33. The van der Waals surface area contributed by atoms with Crippen LogP contribution in [-0.4, -0.2) is 89.6 Å². The van der Waals surface area contributed by atoms with Gasteiger partial charge in [0, 0.05) is 32.4 Å². The summed E-state index contributed by atoms with van der Waals surface area (Å²) < 4.78 is 26.6. The predicted octanol–water partition coefficient (Wildman–Crippen LogP) is 0.612. The van der Waals surface area contributed by atoms with E-state index in [4.69, 9.17) is 21.7 Å². The summed E-state index contributed by atoms with van der Waals surface area (Å²) in [4.78, 5) is 29.6. The molecule has 2 aliphatic heterocycles. The number of amides is 2. The number of carbonyl (C=O) groups is 2. The summed E-state index contributed by atoms with van der Waals surface area (Å²) in [6, 6.07) is 4.67. The molecule has 2 amide bonds.